The van der Waals surface area contributed by atoms with E-state index in [1.54, 1.807) is 12.3 Å². The summed E-state index contributed by atoms with van der Waals surface area (Å²) in [6.45, 7) is 0.345. The van der Waals surface area contributed by atoms with Gasteiger partial charge in [0.1, 0.15) is 17.9 Å². The van der Waals surface area contributed by atoms with Gasteiger partial charge in [0.2, 0.25) is 5.82 Å². The molecule has 7 rings (SSSR count). The molecule has 0 aliphatic rings. The molecule has 2 heterocycles. The number of furan rings is 1. The van der Waals surface area contributed by atoms with Gasteiger partial charge in [-0.2, -0.15) is 9.78 Å². The summed E-state index contributed by atoms with van der Waals surface area (Å²) in [6.07, 6.45) is 1.66. The molecule has 5 aromatic carbocycles. The highest BCUT2D eigenvalue weighted by atomic mass is 35.5. The molecule has 0 radical (unpaired) electrons. The van der Waals surface area contributed by atoms with E-state index in [2.05, 4.69) is 0 Å². The molecule has 0 aliphatic carbocycles. The van der Waals surface area contributed by atoms with Gasteiger partial charge in [-0.15, -0.1) is 0 Å². The number of hydrogen-bond acceptors (Lipinski definition) is 5. The molecule has 7 aromatic rings. The number of para-hydroxylation sites is 2. The van der Waals surface area contributed by atoms with Crippen LogP contribution in [0.4, 0.5) is 0 Å². The quantitative estimate of drug-likeness (QED) is 0.194. The van der Waals surface area contributed by atoms with Crippen molar-refractivity contribution in [1.82, 2.24) is 9.66 Å². The van der Waals surface area contributed by atoms with E-state index in [1.165, 1.54) is 4.68 Å². The Labute approximate surface area is 239 Å². The second kappa shape index (κ2) is 10.4. The van der Waals surface area contributed by atoms with Gasteiger partial charge in [-0.3, -0.25) is 4.79 Å². The molecule has 0 atom stereocenters. The number of rotatable bonds is 6. The lowest BCUT2D eigenvalue weighted by atomic mass is 10.0. The van der Waals surface area contributed by atoms with Crippen molar-refractivity contribution in [2.45, 2.75) is 6.61 Å². The maximum Gasteiger partial charge on any atom is 0.282 e. The van der Waals surface area contributed by atoms with Crippen LogP contribution in [0.3, 0.4) is 0 Å². The zero-order chi connectivity index (χ0) is 27.8. The first-order valence-corrected chi connectivity index (χ1v) is 13.5. The van der Waals surface area contributed by atoms with Crippen molar-refractivity contribution in [3.8, 4) is 17.3 Å². The monoisotopic (exact) mass is 555 g/mol. The number of hydrogen-bond donors (Lipinski definition) is 0. The third-order valence-corrected chi connectivity index (χ3v) is 7.19. The van der Waals surface area contributed by atoms with E-state index in [0.717, 1.165) is 27.3 Å². The Morgan fingerprint density at radius 3 is 2.39 bits per heavy atom. The van der Waals surface area contributed by atoms with Crippen LogP contribution in [0.15, 0.2) is 130 Å². The summed E-state index contributed by atoms with van der Waals surface area (Å²) in [5.74, 6) is 1.39. The number of fused-ring (bicyclic) bond motifs is 3. The van der Waals surface area contributed by atoms with Gasteiger partial charge in [-0.25, -0.2) is 4.98 Å². The van der Waals surface area contributed by atoms with Crippen molar-refractivity contribution in [3.63, 3.8) is 0 Å². The predicted molar refractivity (Wildman–Crippen MR) is 164 cm³/mol. The average molecular weight is 556 g/mol. The molecule has 0 saturated carbocycles. The van der Waals surface area contributed by atoms with Gasteiger partial charge in [-0.1, -0.05) is 84.4 Å². The molecule has 198 valence electrons. The van der Waals surface area contributed by atoms with Crippen molar-refractivity contribution in [2.75, 3.05) is 0 Å². The Morgan fingerprint density at radius 2 is 1.56 bits per heavy atom. The van der Waals surface area contributed by atoms with E-state index >= 15 is 0 Å². The van der Waals surface area contributed by atoms with E-state index in [4.69, 9.17) is 30.8 Å². The summed E-state index contributed by atoms with van der Waals surface area (Å²) >= 11 is 6.05. The lowest BCUT2D eigenvalue weighted by molar-refractivity contribution is 0.306. The largest absolute Gasteiger partial charge is 0.488 e. The van der Waals surface area contributed by atoms with Gasteiger partial charge in [0, 0.05) is 16.0 Å². The van der Waals surface area contributed by atoms with Crippen LogP contribution in [0.25, 0.3) is 44.2 Å². The molecule has 0 bridgehead atoms. The fourth-order valence-electron chi connectivity index (χ4n) is 4.87. The zero-order valence-electron chi connectivity index (χ0n) is 21.7. The third-order valence-electron chi connectivity index (χ3n) is 6.94. The standard InChI is InChI=1S/C34H22ClN3O3/c35-25-16-13-22(14-17-25)21-40-31-18-15-23-7-1-3-9-26(23)28(31)20-36-38-33(32-19-24-8-2-6-12-30(24)41-32)37-29-11-5-4-10-27(29)34(38)39/h1-20H,21H2. The molecule has 0 spiro atoms. The molecule has 2 aromatic heterocycles. The smallest absolute Gasteiger partial charge is 0.282 e. The van der Waals surface area contributed by atoms with Crippen LogP contribution in [-0.2, 0) is 6.61 Å². The predicted octanol–water partition coefficient (Wildman–Crippen LogP) is 8.08. The van der Waals surface area contributed by atoms with Gasteiger partial charge in [0.05, 0.1) is 17.1 Å². The highest BCUT2D eigenvalue weighted by Crippen LogP contribution is 2.29. The highest BCUT2D eigenvalue weighted by Gasteiger charge is 2.17. The Balaban J connectivity index is 1.38. The minimum absolute atomic E-state index is 0.300. The number of nitrogens with zero attached hydrogens (tertiary/aromatic N) is 3. The van der Waals surface area contributed by atoms with Gasteiger partial charge in [0.15, 0.2) is 5.76 Å². The number of halogens is 1. The van der Waals surface area contributed by atoms with Crippen molar-refractivity contribution in [3.05, 3.63) is 142 Å². The summed E-state index contributed by atoms with van der Waals surface area (Å²) in [6, 6.07) is 36.2. The summed E-state index contributed by atoms with van der Waals surface area (Å²) in [7, 11) is 0. The van der Waals surface area contributed by atoms with Gasteiger partial charge < -0.3 is 9.15 Å². The van der Waals surface area contributed by atoms with Gasteiger partial charge in [-0.05, 0) is 58.8 Å². The second-order valence-corrected chi connectivity index (χ2v) is 10.0. The molecule has 0 N–H and O–H groups in total. The first-order chi connectivity index (χ1) is 20.1. The van der Waals surface area contributed by atoms with Crippen LogP contribution in [-0.4, -0.2) is 15.9 Å². The van der Waals surface area contributed by atoms with Gasteiger partial charge >= 0.3 is 0 Å². The minimum atomic E-state index is -0.300. The number of aromatic nitrogens is 2. The first kappa shape index (κ1) is 24.8. The fourth-order valence-corrected chi connectivity index (χ4v) is 5.00. The van der Waals surface area contributed by atoms with E-state index in [9.17, 15) is 4.79 Å². The second-order valence-electron chi connectivity index (χ2n) is 9.58. The van der Waals surface area contributed by atoms with E-state index < -0.39 is 0 Å². The lowest BCUT2D eigenvalue weighted by Gasteiger charge is -2.12. The van der Waals surface area contributed by atoms with Crippen LogP contribution in [0.1, 0.15) is 11.1 Å². The van der Waals surface area contributed by atoms with Crippen LogP contribution in [0.2, 0.25) is 5.02 Å². The SMILES string of the molecule is O=c1c2ccccc2nc(-c2cc3ccccc3o2)n1N=Cc1c(OCc2ccc(Cl)cc2)ccc2ccccc12. The molecular weight excluding hydrogens is 534 g/mol. The Bertz CT molecular complexity index is 2110. The molecule has 6 nitrogen and oxygen atoms in total. The summed E-state index contributed by atoms with van der Waals surface area (Å²) < 4.78 is 13.7. The third kappa shape index (κ3) is 4.75. The Morgan fingerprint density at radius 1 is 0.829 bits per heavy atom. The Hall–Kier alpha value is -5.20. The van der Waals surface area contributed by atoms with Crippen LogP contribution >= 0.6 is 11.6 Å². The lowest BCUT2D eigenvalue weighted by Crippen LogP contribution is -2.20. The molecule has 0 unspecified atom stereocenters. The zero-order valence-corrected chi connectivity index (χ0v) is 22.5. The summed E-state index contributed by atoms with van der Waals surface area (Å²) in [5, 5.41) is 8.71. The molecule has 0 aliphatic heterocycles. The number of ether oxygens (including phenoxy) is 1. The molecule has 0 saturated heterocycles. The molecule has 41 heavy (non-hydrogen) atoms. The summed E-state index contributed by atoms with van der Waals surface area (Å²) in [5.41, 5.74) is 2.69. The van der Waals surface area contributed by atoms with E-state index in [1.807, 2.05) is 109 Å². The maximum absolute atomic E-state index is 13.8. The molecule has 7 heteroatoms. The Kier molecular flexibility index (Phi) is 6.30. The average Bonchev–Trinajstić information content (AvgIpc) is 3.45. The first-order valence-electron chi connectivity index (χ1n) is 13.1. The van der Waals surface area contributed by atoms with Crippen LogP contribution < -0.4 is 10.3 Å². The van der Waals surface area contributed by atoms with Crippen LogP contribution in [0.5, 0.6) is 5.75 Å². The summed E-state index contributed by atoms with van der Waals surface area (Å²) in [4.78, 5) is 18.6. The van der Waals surface area contributed by atoms with Gasteiger partial charge in [0.25, 0.3) is 5.56 Å². The minimum Gasteiger partial charge on any atom is -0.488 e. The van der Waals surface area contributed by atoms with Crippen molar-refractivity contribution in [2.24, 2.45) is 5.10 Å². The maximum atomic E-state index is 13.8. The fraction of sp³-hybridized carbons (Fsp3) is 0.0294. The normalized spacial score (nSPS) is 11.6. The van der Waals surface area contributed by atoms with Crippen LogP contribution in [0, 0.1) is 0 Å². The van der Waals surface area contributed by atoms with Crippen molar-refractivity contribution < 1.29 is 9.15 Å². The van der Waals surface area contributed by atoms with Crippen molar-refractivity contribution in [1.29, 1.82) is 0 Å². The molecular formula is C34H22ClN3O3. The highest BCUT2D eigenvalue weighted by molar-refractivity contribution is 6.30. The topological polar surface area (TPSA) is 69.6 Å². The molecule has 0 amide bonds. The van der Waals surface area contributed by atoms with E-state index in [0.29, 0.717) is 45.4 Å². The number of benzene rings is 5. The van der Waals surface area contributed by atoms with Crippen molar-refractivity contribution >= 4 is 50.5 Å². The molecule has 0 fully saturated rings. The van der Waals surface area contributed by atoms with E-state index in [-0.39, 0.29) is 5.56 Å².